The van der Waals surface area contributed by atoms with E-state index in [1.165, 1.54) is 11.1 Å². The maximum Gasteiger partial charge on any atom is 0.240 e. The van der Waals surface area contributed by atoms with Crippen LogP contribution in [0.2, 0.25) is 0 Å². The normalized spacial score (nSPS) is 20.6. The molecule has 0 saturated heterocycles. The Balaban J connectivity index is 2.36. The predicted octanol–water partition coefficient (Wildman–Crippen LogP) is 7.87. The van der Waals surface area contributed by atoms with Gasteiger partial charge in [-0.05, 0) is 65.9 Å². The van der Waals surface area contributed by atoms with Crippen LogP contribution in [0.5, 0.6) is 0 Å². The van der Waals surface area contributed by atoms with E-state index in [0.29, 0.717) is 17.5 Å². The fraction of sp³-hybridized carbons (Fsp3) is 0.440. The Hall–Kier alpha value is -1.35. The van der Waals surface area contributed by atoms with Crippen molar-refractivity contribution in [3.63, 3.8) is 0 Å². The van der Waals surface area contributed by atoms with E-state index < -0.39 is 20.8 Å². The SMILES string of the molecule is CC(C)=CCC/C(C)=C/CC(C[C@@]1(Cl)C(=O)C(Cl)(Cl)C(=O)c2ccccc21)=C(C)C. The molecule has 1 aliphatic carbocycles. The number of hydrogen-bond acceptors (Lipinski definition) is 2. The zero-order valence-corrected chi connectivity index (χ0v) is 20.5. The van der Waals surface area contributed by atoms with Gasteiger partial charge in [0, 0.05) is 5.56 Å². The van der Waals surface area contributed by atoms with Crippen LogP contribution < -0.4 is 0 Å². The molecule has 0 spiro atoms. The fourth-order valence-electron chi connectivity index (χ4n) is 3.58. The minimum absolute atomic E-state index is 0.249. The van der Waals surface area contributed by atoms with Crippen molar-refractivity contribution in [1.29, 1.82) is 0 Å². The average molecular weight is 468 g/mol. The summed E-state index contributed by atoms with van der Waals surface area (Å²) in [4.78, 5) is 24.4. The zero-order chi connectivity index (χ0) is 22.7. The first kappa shape index (κ1) is 24.9. The van der Waals surface area contributed by atoms with Crippen molar-refractivity contribution in [3.05, 3.63) is 69.8 Å². The van der Waals surface area contributed by atoms with Crippen LogP contribution in [0, 0.1) is 0 Å². The second-order valence-electron chi connectivity index (χ2n) is 8.43. The third kappa shape index (κ3) is 5.28. The smallest absolute Gasteiger partial charge is 0.240 e. The van der Waals surface area contributed by atoms with E-state index in [2.05, 4.69) is 32.9 Å². The van der Waals surface area contributed by atoms with Crippen LogP contribution in [0.3, 0.4) is 0 Å². The topological polar surface area (TPSA) is 34.1 Å². The number of carbonyl (C=O) groups excluding carboxylic acids is 2. The predicted molar refractivity (Wildman–Crippen MR) is 128 cm³/mol. The number of ketones is 2. The Morgan fingerprint density at radius 2 is 1.60 bits per heavy atom. The number of carbonyl (C=O) groups is 2. The molecule has 1 aromatic carbocycles. The molecular formula is C25H29Cl3O2. The van der Waals surface area contributed by atoms with Crippen LogP contribution in [0.1, 0.15) is 76.2 Å². The Bertz CT molecular complexity index is 929. The minimum atomic E-state index is -2.18. The molecule has 0 aliphatic heterocycles. The summed E-state index contributed by atoms with van der Waals surface area (Å²) in [6.45, 7) is 10.3. The molecule has 30 heavy (non-hydrogen) atoms. The molecule has 2 rings (SSSR count). The lowest BCUT2D eigenvalue weighted by Crippen LogP contribution is -2.51. The standard InChI is InChI=1S/C25H29Cl3O2/c1-16(2)9-8-10-18(5)13-14-19(17(3)4)15-24(26)21-12-7-6-11-20(21)22(29)25(27,28)23(24)30/h6-7,9,11-13H,8,10,14-15H2,1-5H3/b18-13+/t24-/m0/s1. The van der Waals surface area contributed by atoms with Gasteiger partial charge in [0.2, 0.25) is 15.9 Å². The Labute approximate surface area is 195 Å². The summed E-state index contributed by atoms with van der Waals surface area (Å²) >= 11 is 19.4. The van der Waals surface area contributed by atoms with Crippen molar-refractivity contribution in [3.8, 4) is 0 Å². The van der Waals surface area contributed by atoms with Gasteiger partial charge in [-0.3, -0.25) is 9.59 Å². The number of alkyl halides is 3. The Morgan fingerprint density at radius 1 is 0.967 bits per heavy atom. The summed E-state index contributed by atoms with van der Waals surface area (Å²) in [6, 6.07) is 6.82. The van der Waals surface area contributed by atoms with Crippen molar-refractivity contribution in [2.45, 2.75) is 69.5 Å². The first-order valence-corrected chi connectivity index (χ1v) is 11.2. The van der Waals surface area contributed by atoms with Crippen LogP contribution >= 0.6 is 34.8 Å². The lowest BCUT2D eigenvalue weighted by molar-refractivity contribution is -0.122. The highest BCUT2D eigenvalue weighted by Crippen LogP contribution is 2.50. The highest BCUT2D eigenvalue weighted by molar-refractivity contribution is 6.72. The molecule has 0 radical (unpaired) electrons. The summed E-state index contributed by atoms with van der Waals surface area (Å²) in [6.07, 6.45) is 7.32. The number of halogens is 3. The van der Waals surface area contributed by atoms with Gasteiger partial charge in [-0.15, -0.1) is 11.6 Å². The monoisotopic (exact) mass is 466 g/mol. The summed E-state index contributed by atoms with van der Waals surface area (Å²) < 4.78 is -2.18. The number of rotatable bonds is 7. The molecule has 1 aromatic rings. The van der Waals surface area contributed by atoms with Crippen molar-refractivity contribution in [1.82, 2.24) is 0 Å². The summed E-state index contributed by atoms with van der Waals surface area (Å²) in [7, 11) is 0. The third-order valence-electron chi connectivity index (χ3n) is 5.48. The first-order chi connectivity index (χ1) is 13.9. The molecule has 0 amide bonds. The second-order valence-corrected chi connectivity index (χ2v) is 10.4. The number of fused-ring (bicyclic) bond motifs is 1. The molecule has 0 unspecified atom stereocenters. The molecule has 0 aromatic heterocycles. The van der Waals surface area contributed by atoms with Gasteiger partial charge in [0.05, 0.1) is 0 Å². The molecule has 0 fully saturated rings. The van der Waals surface area contributed by atoms with Gasteiger partial charge in [-0.1, -0.05) is 81.9 Å². The Kier molecular flexibility index (Phi) is 8.18. The van der Waals surface area contributed by atoms with Gasteiger partial charge in [0.1, 0.15) is 4.87 Å². The molecule has 0 heterocycles. The third-order valence-corrected chi connectivity index (χ3v) is 6.68. The van der Waals surface area contributed by atoms with Crippen LogP contribution in [-0.4, -0.2) is 15.9 Å². The summed E-state index contributed by atoms with van der Waals surface area (Å²) in [5, 5.41) is 0. The van der Waals surface area contributed by atoms with E-state index in [1.807, 2.05) is 13.8 Å². The van der Waals surface area contributed by atoms with Crippen LogP contribution in [-0.2, 0) is 9.67 Å². The molecular weight excluding hydrogens is 439 g/mol. The van der Waals surface area contributed by atoms with Gasteiger partial charge in [0.25, 0.3) is 0 Å². The molecule has 5 heteroatoms. The average Bonchev–Trinajstić information content (AvgIpc) is 2.68. The summed E-state index contributed by atoms with van der Waals surface area (Å²) in [5.41, 5.74) is 5.49. The van der Waals surface area contributed by atoms with Gasteiger partial charge in [0.15, 0.2) is 0 Å². The number of benzene rings is 1. The molecule has 0 N–H and O–H groups in total. The summed E-state index contributed by atoms with van der Waals surface area (Å²) in [5.74, 6) is -1.29. The number of allylic oxidation sites excluding steroid dienone is 6. The second kappa shape index (κ2) is 9.85. The van der Waals surface area contributed by atoms with E-state index >= 15 is 0 Å². The van der Waals surface area contributed by atoms with Crippen LogP contribution in [0.25, 0.3) is 0 Å². The molecule has 0 saturated carbocycles. The van der Waals surface area contributed by atoms with Gasteiger partial charge < -0.3 is 0 Å². The quantitative estimate of drug-likeness (QED) is 0.232. The maximum absolute atomic E-state index is 13.2. The van der Waals surface area contributed by atoms with E-state index in [-0.39, 0.29) is 6.42 Å². The molecule has 162 valence electrons. The minimum Gasteiger partial charge on any atom is -0.293 e. The highest BCUT2D eigenvalue weighted by atomic mass is 35.5. The fourth-order valence-corrected chi connectivity index (χ4v) is 4.67. The first-order valence-electron chi connectivity index (χ1n) is 10.1. The highest BCUT2D eigenvalue weighted by Gasteiger charge is 2.58. The largest absolute Gasteiger partial charge is 0.293 e. The number of hydrogen-bond donors (Lipinski definition) is 0. The zero-order valence-electron chi connectivity index (χ0n) is 18.2. The van der Waals surface area contributed by atoms with E-state index in [1.54, 1.807) is 24.3 Å². The van der Waals surface area contributed by atoms with Crippen molar-refractivity contribution < 1.29 is 9.59 Å². The Morgan fingerprint density at radius 3 is 2.20 bits per heavy atom. The van der Waals surface area contributed by atoms with Gasteiger partial charge in [-0.2, -0.15) is 0 Å². The van der Waals surface area contributed by atoms with Crippen molar-refractivity contribution in [2.75, 3.05) is 0 Å². The molecule has 2 nitrogen and oxygen atoms in total. The van der Waals surface area contributed by atoms with Crippen LogP contribution in [0.15, 0.2) is 58.7 Å². The van der Waals surface area contributed by atoms with Gasteiger partial charge in [-0.25, -0.2) is 0 Å². The molecule has 1 atom stereocenters. The maximum atomic E-state index is 13.2. The molecule has 0 bridgehead atoms. The van der Waals surface area contributed by atoms with Crippen LogP contribution in [0.4, 0.5) is 0 Å². The van der Waals surface area contributed by atoms with Crippen molar-refractivity contribution >= 4 is 46.4 Å². The van der Waals surface area contributed by atoms with E-state index in [9.17, 15) is 9.59 Å². The van der Waals surface area contributed by atoms with Gasteiger partial charge >= 0.3 is 0 Å². The van der Waals surface area contributed by atoms with E-state index in [4.69, 9.17) is 34.8 Å². The lowest BCUT2D eigenvalue weighted by atomic mass is 9.75. The van der Waals surface area contributed by atoms with Crippen molar-refractivity contribution in [2.24, 2.45) is 0 Å². The lowest BCUT2D eigenvalue weighted by Gasteiger charge is -2.37. The molecule has 1 aliphatic rings. The van der Waals surface area contributed by atoms with E-state index in [0.717, 1.165) is 24.0 Å². The number of Topliss-reactive ketones (excluding diaryl/α,β-unsaturated/α-hetero) is 2.